The first-order valence-electron chi connectivity index (χ1n) is 7.62. The molecule has 9 heteroatoms. The summed E-state index contributed by atoms with van der Waals surface area (Å²) in [6, 6.07) is 0. The molecular weight excluding hydrogens is 334 g/mol. The summed E-state index contributed by atoms with van der Waals surface area (Å²) in [5.41, 5.74) is -2.92. The number of imide groups is 3. The van der Waals surface area contributed by atoms with Crippen LogP contribution in [0.15, 0.2) is 0 Å². The van der Waals surface area contributed by atoms with Gasteiger partial charge in [-0.05, 0) is 62.3 Å². The van der Waals surface area contributed by atoms with Gasteiger partial charge in [0.1, 0.15) is 16.8 Å². The Morgan fingerprint density at radius 2 is 0.880 bits per heavy atom. The second kappa shape index (κ2) is 7.71. The van der Waals surface area contributed by atoms with E-state index in [-0.39, 0.29) is 4.90 Å². The highest BCUT2D eigenvalue weighted by molar-refractivity contribution is 6.05. The maximum atomic E-state index is 12.1. The summed E-state index contributed by atoms with van der Waals surface area (Å²) in [6.45, 7) is 13.9. The molecule has 0 rings (SSSR count). The summed E-state index contributed by atoms with van der Waals surface area (Å²) in [5.74, 6) is 0. The Labute approximate surface area is 147 Å². The Kier molecular flexibility index (Phi) is 6.99. The largest absolute Gasteiger partial charge is 0.517 e. The Bertz CT molecular complexity index is 506. The first-order valence-corrected chi connectivity index (χ1v) is 7.62. The van der Waals surface area contributed by atoms with E-state index in [0.717, 1.165) is 0 Å². The molecule has 3 amide bonds. The van der Waals surface area contributed by atoms with Gasteiger partial charge in [-0.15, -0.1) is 4.90 Å². The number of carbonyl (C=O) groups is 4. The van der Waals surface area contributed by atoms with E-state index in [0.29, 0.717) is 0 Å². The molecule has 0 aliphatic heterocycles. The first-order chi connectivity index (χ1) is 10.9. The van der Waals surface area contributed by atoms with Crippen LogP contribution < -0.4 is 0 Å². The topological polar surface area (TPSA) is 108 Å². The van der Waals surface area contributed by atoms with Gasteiger partial charge in [-0.3, -0.25) is 0 Å². The molecule has 0 aliphatic carbocycles. The Morgan fingerprint density at radius 3 is 1.16 bits per heavy atom. The molecule has 0 aliphatic rings. The fourth-order valence-corrected chi connectivity index (χ4v) is 1.23. The van der Waals surface area contributed by atoms with Crippen LogP contribution >= 0.6 is 0 Å². The molecule has 0 bridgehead atoms. The van der Waals surface area contributed by atoms with Crippen molar-refractivity contribution in [1.29, 1.82) is 0 Å². The second-order valence-corrected chi connectivity index (χ2v) is 8.13. The molecule has 144 valence electrons. The highest BCUT2D eigenvalue weighted by Gasteiger charge is 2.39. The van der Waals surface area contributed by atoms with Gasteiger partial charge in [-0.1, -0.05) is 0 Å². The lowest BCUT2D eigenvalue weighted by atomic mass is 10.2. The third-order valence-electron chi connectivity index (χ3n) is 1.89. The van der Waals surface area contributed by atoms with Crippen molar-refractivity contribution in [2.45, 2.75) is 79.1 Å². The highest BCUT2D eigenvalue weighted by Crippen LogP contribution is 2.16. The zero-order valence-electron chi connectivity index (χ0n) is 16.2. The van der Waals surface area contributed by atoms with Crippen molar-refractivity contribution < 1.29 is 38.1 Å². The lowest BCUT2D eigenvalue weighted by Gasteiger charge is -2.27. The molecule has 0 heterocycles. The molecule has 0 aromatic heterocycles. The van der Waals surface area contributed by atoms with E-state index >= 15 is 0 Å². The third-order valence-corrected chi connectivity index (χ3v) is 1.89. The molecule has 0 N–H and O–H groups in total. The summed E-state index contributed by atoms with van der Waals surface area (Å²) >= 11 is 0. The second-order valence-electron chi connectivity index (χ2n) is 8.13. The summed E-state index contributed by atoms with van der Waals surface area (Å²) in [6.07, 6.45) is -5.63. The number of nitrogens with zero attached hydrogens (tertiary/aromatic N) is 1. The van der Waals surface area contributed by atoms with Crippen molar-refractivity contribution in [3.05, 3.63) is 0 Å². The van der Waals surface area contributed by atoms with E-state index in [2.05, 4.69) is 4.74 Å². The Hall–Kier alpha value is -2.32. The molecule has 0 aromatic carbocycles. The zero-order valence-corrected chi connectivity index (χ0v) is 16.2. The first kappa shape index (κ1) is 22.7. The number of hydrogen-bond acceptors (Lipinski definition) is 8. The third kappa shape index (κ3) is 10.2. The van der Waals surface area contributed by atoms with E-state index < -0.39 is 41.2 Å². The predicted octanol–water partition coefficient (Wildman–Crippen LogP) is 4.23. The fraction of sp³-hybridized carbons (Fsp3) is 0.750. The number of amides is 3. The summed E-state index contributed by atoms with van der Waals surface area (Å²) in [5, 5.41) is 0. The minimum Gasteiger partial charge on any atom is -0.443 e. The monoisotopic (exact) mass is 361 g/mol. The van der Waals surface area contributed by atoms with Gasteiger partial charge in [0.25, 0.3) is 0 Å². The van der Waals surface area contributed by atoms with Crippen molar-refractivity contribution in [3.63, 3.8) is 0 Å². The van der Waals surface area contributed by atoms with Gasteiger partial charge in [0.15, 0.2) is 0 Å². The van der Waals surface area contributed by atoms with Gasteiger partial charge in [-0.25, -0.2) is 19.2 Å². The van der Waals surface area contributed by atoms with E-state index in [1.807, 2.05) is 0 Å². The van der Waals surface area contributed by atoms with Gasteiger partial charge < -0.3 is 18.9 Å². The van der Waals surface area contributed by atoms with E-state index in [1.165, 1.54) is 41.5 Å². The van der Waals surface area contributed by atoms with Crippen LogP contribution in [0.4, 0.5) is 19.2 Å². The van der Waals surface area contributed by atoms with Crippen molar-refractivity contribution in [2.24, 2.45) is 0 Å². The standard InChI is InChI=1S/C16H27NO8/c1-14(2,3)23-11(19)17(12(20)24-15(4,5)6)10(18)22-13(21)25-16(7,8)9/h1-9H3. The lowest BCUT2D eigenvalue weighted by Crippen LogP contribution is -2.47. The number of hydrogen-bond donors (Lipinski definition) is 0. The normalized spacial score (nSPS) is 12.0. The molecule has 25 heavy (non-hydrogen) atoms. The highest BCUT2D eigenvalue weighted by atomic mass is 16.8. The van der Waals surface area contributed by atoms with E-state index in [4.69, 9.17) is 14.2 Å². The summed E-state index contributed by atoms with van der Waals surface area (Å²) in [4.78, 5) is 47.9. The van der Waals surface area contributed by atoms with Gasteiger partial charge >= 0.3 is 24.4 Å². The lowest BCUT2D eigenvalue weighted by molar-refractivity contribution is -0.0101. The summed E-state index contributed by atoms with van der Waals surface area (Å²) < 4.78 is 19.1. The molecule has 0 spiro atoms. The fourth-order valence-electron chi connectivity index (χ4n) is 1.23. The number of carbonyl (C=O) groups excluding carboxylic acids is 4. The molecule has 0 unspecified atom stereocenters. The quantitative estimate of drug-likeness (QED) is 0.358. The molecular formula is C16H27NO8. The van der Waals surface area contributed by atoms with Gasteiger partial charge in [0, 0.05) is 0 Å². The molecule has 0 atom stereocenters. The van der Waals surface area contributed by atoms with Gasteiger partial charge in [0.2, 0.25) is 0 Å². The molecule has 0 aromatic rings. The molecule has 0 saturated heterocycles. The summed E-state index contributed by atoms with van der Waals surface area (Å²) in [7, 11) is 0. The number of ether oxygens (including phenoxy) is 4. The molecule has 0 saturated carbocycles. The van der Waals surface area contributed by atoms with Crippen molar-refractivity contribution in [1.82, 2.24) is 4.90 Å². The molecule has 9 nitrogen and oxygen atoms in total. The minimum atomic E-state index is -1.59. The van der Waals surface area contributed by atoms with Crippen LogP contribution in [0.25, 0.3) is 0 Å². The predicted molar refractivity (Wildman–Crippen MR) is 87.0 cm³/mol. The average molecular weight is 361 g/mol. The average Bonchev–Trinajstić information content (AvgIpc) is 2.19. The van der Waals surface area contributed by atoms with Crippen molar-refractivity contribution in [3.8, 4) is 0 Å². The van der Waals surface area contributed by atoms with Gasteiger partial charge in [0.05, 0.1) is 0 Å². The minimum absolute atomic E-state index is 0.0413. The molecule has 0 radical (unpaired) electrons. The maximum Gasteiger partial charge on any atom is 0.517 e. The van der Waals surface area contributed by atoms with Crippen LogP contribution in [0.3, 0.4) is 0 Å². The van der Waals surface area contributed by atoms with Crippen LogP contribution in [0.1, 0.15) is 62.3 Å². The van der Waals surface area contributed by atoms with Crippen molar-refractivity contribution >= 4 is 24.4 Å². The smallest absolute Gasteiger partial charge is 0.443 e. The van der Waals surface area contributed by atoms with Crippen LogP contribution in [0.5, 0.6) is 0 Å². The Morgan fingerprint density at radius 1 is 0.560 bits per heavy atom. The van der Waals surface area contributed by atoms with Crippen LogP contribution in [-0.2, 0) is 18.9 Å². The SMILES string of the molecule is CC(C)(C)OC(=O)OC(=O)N(C(=O)OC(C)(C)C)C(=O)OC(C)(C)C. The Balaban J connectivity index is 5.37. The van der Waals surface area contributed by atoms with E-state index in [1.54, 1.807) is 20.8 Å². The van der Waals surface area contributed by atoms with Crippen LogP contribution in [-0.4, -0.2) is 46.1 Å². The van der Waals surface area contributed by atoms with Gasteiger partial charge in [-0.2, -0.15) is 0 Å². The van der Waals surface area contributed by atoms with Crippen LogP contribution in [0.2, 0.25) is 0 Å². The zero-order chi connectivity index (χ0) is 20.2. The van der Waals surface area contributed by atoms with E-state index in [9.17, 15) is 19.2 Å². The van der Waals surface area contributed by atoms with Crippen molar-refractivity contribution in [2.75, 3.05) is 0 Å². The maximum absolute atomic E-state index is 12.1. The number of rotatable bonds is 0. The van der Waals surface area contributed by atoms with Crippen LogP contribution in [0, 0.1) is 0 Å². The molecule has 0 fully saturated rings.